The average molecular weight is 214 g/mol. The standard InChI is InChI=1S/C9H18N4O2/c1-6-4-13(7(2)3-11-6)5-8(14)12-9(10)15/h6-7,11H,3-5H2,1-2H3,(H3,10,12,14,15). The highest BCUT2D eigenvalue weighted by Gasteiger charge is 2.24. The fourth-order valence-corrected chi connectivity index (χ4v) is 1.68. The van der Waals surface area contributed by atoms with Crippen LogP contribution < -0.4 is 16.4 Å². The van der Waals surface area contributed by atoms with Crippen molar-refractivity contribution >= 4 is 11.9 Å². The van der Waals surface area contributed by atoms with Crippen LogP contribution in [0, 0.1) is 0 Å². The number of imide groups is 1. The number of carbonyl (C=O) groups is 2. The van der Waals surface area contributed by atoms with Gasteiger partial charge >= 0.3 is 6.03 Å². The average Bonchev–Trinajstić information content (AvgIpc) is 2.10. The van der Waals surface area contributed by atoms with Crippen LogP contribution in [0.15, 0.2) is 0 Å². The van der Waals surface area contributed by atoms with Gasteiger partial charge in [-0.2, -0.15) is 0 Å². The smallest absolute Gasteiger partial charge is 0.318 e. The molecule has 1 fully saturated rings. The van der Waals surface area contributed by atoms with Gasteiger partial charge in [0, 0.05) is 25.2 Å². The Hall–Kier alpha value is -1.14. The van der Waals surface area contributed by atoms with Crippen molar-refractivity contribution in [3.05, 3.63) is 0 Å². The van der Waals surface area contributed by atoms with Gasteiger partial charge in [0.25, 0.3) is 0 Å². The van der Waals surface area contributed by atoms with Gasteiger partial charge in [-0.25, -0.2) is 4.79 Å². The summed E-state index contributed by atoms with van der Waals surface area (Å²) in [6.45, 7) is 5.97. The Morgan fingerprint density at radius 1 is 1.53 bits per heavy atom. The number of carbonyl (C=O) groups excluding carboxylic acids is 2. The summed E-state index contributed by atoms with van der Waals surface area (Å²) >= 11 is 0. The first-order valence-corrected chi connectivity index (χ1v) is 5.05. The highest BCUT2D eigenvalue weighted by Crippen LogP contribution is 2.05. The van der Waals surface area contributed by atoms with E-state index < -0.39 is 6.03 Å². The van der Waals surface area contributed by atoms with Crippen molar-refractivity contribution in [1.82, 2.24) is 15.5 Å². The molecule has 1 rings (SSSR count). The number of nitrogens with one attached hydrogen (secondary N) is 2. The normalized spacial score (nSPS) is 27.3. The molecule has 0 radical (unpaired) electrons. The molecule has 1 saturated heterocycles. The summed E-state index contributed by atoms with van der Waals surface area (Å²) in [7, 11) is 0. The van der Waals surface area contributed by atoms with Crippen LogP contribution in [0.5, 0.6) is 0 Å². The molecule has 0 aliphatic carbocycles. The largest absolute Gasteiger partial charge is 0.351 e. The molecule has 0 aromatic rings. The number of urea groups is 1. The van der Waals surface area contributed by atoms with Crippen molar-refractivity contribution in [2.75, 3.05) is 19.6 Å². The van der Waals surface area contributed by atoms with Crippen molar-refractivity contribution in [2.24, 2.45) is 5.73 Å². The van der Waals surface area contributed by atoms with Crippen molar-refractivity contribution in [3.63, 3.8) is 0 Å². The van der Waals surface area contributed by atoms with Crippen LogP contribution in [0.1, 0.15) is 13.8 Å². The minimum Gasteiger partial charge on any atom is -0.351 e. The van der Waals surface area contributed by atoms with Gasteiger partial charge in [-0.3, -0.25) is 15.0 Å². The second kappa shape index (κ2) is 5.09. The lowest BCUT2D eigenvalue weighted by Gasteiger charge is -2.36. The zero-order valence-corrected chi connectivity index (χ0v) is 9.12. The maximum absolute atomic E-state index is 11.3. The minimum atomic E-state index is -0.796. The first kappa shape index (κ1) is 11.9. The number of hydrogen-bond acceptors (Lipinski definition) is 4. The van der Waals surface area contributed by atoms with E-state index in [0.29, 0.717) is 12.1 Å². The molecular formula is C9H18N4O2. The van der Waals surface area contributed by atoms with E-state index >= 15 is 0 Å². The van der Waals surface area contributed by atoms with E-state index in [4.69, 9.17) is 5.73 Å². The fourth-order valence-electron chi connectivity index (χ4n) is 1.68. The number of primary amides is 1. The molecule has 2 unspecified atom stereocenters. The Morgan fingerprint density at radius 3 is 2.80 bits per heavy atom. The van der Waals surface area contributed by atoms with Crippen molar-refractivity contribution in [3.8, 4) is 0 Å². The molecule has 0 aromatic carbocycles. The van der Waals surface area contributed by atoms with Gasteiger partial charge < -0.3 is 11.1 Å². The molecule has 0 spiro atoms. The Balaban J connectivity index is 2.41. The van der Waals surface area contributed by atoms with Gasteiger partial charge in [-0.05, 0) is 13.8 Å². The summed E-state index contributed by atoms with van der Waals surface area (Å²) in [5.74, 6) is -0.344. The molecule has 4 N–H and O–H groups in total. The number of amides is 3. The Bertz CT molecular complexity index is 256. The summed E-state index contributed by atoms with van der Waals surface area (Å²) in [5, 5.41) is 5.37. The number of rotatable bonds is 2. The lowest BCUT2D eigenvalue weighted by Crippen LogP contribution is -2.56. The second-order valence-electron chi connectivity index (χ2n) is 4.00. The van der Waals surface area contributed by atoms with Gasteiger partial charge in [-0.1, -0.05) is 0 Å². The van der Waals surface area contributed by atoms with E-state index in [2.05, 4.69) is 17.6 Å². The fraction of sp³-hybridized carbons (Fsp3) is 0.778. The SMILES string of the molecule is CC1CN(CC(=O)NC(N)=O)C(C)CN1. The van der Waals surface area contributed by atoms with Crippen LogP contribution in [0.25, 0.3) is 0 Å². The molecule has 0 saturated carbocycles. The molecule has 2 atom stereocenters. The molecule has 6 heteroatoms. The number of nitrogens with two attached hydrogens (primary N) is 1. The number of piperazine rings is 1. The topological polar surface area (TPSA) is 87.5 Å². The van der Waals surface area contributed by atoms with Crippen LogP contribution in [0.3, 0.4) is 0 Å². The van der Waals surface area contributed by atoms with Crippen molar-refractivity contribution in [2.45, 2.75) is 25.9 Å². The molecule has 0 aromatic heterocycles. The van der Waals surface area contributed by atoms with Crippen molar-refractivity contribution in [1.29, 1.82) is 0 Å². The molecular weight excluding hydrogens is 196 g/mol. The van der Waals surface area contributed by atoms with E-state index in [-0.39, 0.29) is 12.5 Å². The maximum atomic E-state index is 11.3. The molecule has 1 aliphatic heterocycles. The first-order valence-electron chi connectivity index (χ1n) is 5.05. The Labute approximate surface area is 89.2 Å². The van der Waals surface area contributed by atoms with Crippen LogP contribution in [0.2, 0.25) is 0 Å². The van der Waals surface area contributed by atoms with E-state index in [1.807, 2.05) is 11.8 Å². The Kier molecular flexibility index (Phi) is 4.05. The van der Waals surface area contributed by atoms with Gasteiger partial charge in [0.05, 0.1) is 6.54 Å². The third-order valence-electron chi connectivity index (χ3n) is 2.50. The summed E-state index contributed by atoms with van der Waals surface area (Å²) in [6, 6.07) is -0.141. The third kappa shape index (κ3) is 3.85. The summed E-state index contributed by atoms with van der Waals surface area (Å²) in [5.41, 5.74) is 4.86. The molecule has 6 nitrogen and oxygen atoms in total. The summed E-state index contributed by atoms with van der Waals surface area (Å²) < 4.78 is 0. The highest BCUT2D eigenvalue weighted by molar-refractivity contribution is 5.94. The predicted octanol–water partition coefficient (Wildman–Crippen LogP) is -1.14. The van der Waals surface area contributed by atoms with Crippen LogP contribution in [0.4, 0.5) is 4.79 Å². The molecule has 1 aliphatic rings. The monoisotopic (exact) mass is 214 g/mol. The molecule has 0 bridgehead atoms. The molecule has 86 valence electrons. The Morgan fingerprint density at radius 2 is 2.20 bits per heavy atom. The van der Waals surface area contributed by atoms with Crippen LogP contribution in [-0.4, -0.2) is 48.6 Å². The van der Waals surface area contributed by atoms with Crippen LogP contribution in [-0.2, 0) is 4.79 Å². The van der Waals surface area contributed by atoms with Gasteiger partial charge in [0.1, 0.15) is 0 Å². The highest BCUT2D eigenvalue weighted by atomic mass is 16.2. The number of hydrogen-bond donors (Lipinski definition) is 3. The lowest BCUT2D eigenvalue weighted by molar-refractivity contribution is -0.121. The second-order valence-corrected chi connectivity index (χ2v) is 4.00. The number of nitrogens with zero attached hydrogens (tertiary/aromatic N) is 1. The summed E-state index contributed by atoms with van der Waals surface area (Å²) in [4.78, 5) is 23.8. The van der Waals surface area contributed by atoms with E-state index in [1.165, 1.54) is 0 Å². The van der Waals surface area contributed by atoms with Gasteiger partial charge in [0.2, 0.25) is 5.91 Å². The van der Waals surface area contributed by atoms with Crippen LogP contribution >= 0.6 is 0 Å². The predicted molar refractivity (Wildman–Crippen MR) is 56.2 cm³/mol. The lowest BCUT2D eigenvalue weighted by atomic mass is 10.1. The molecule has 15 heavy (non-hydrogen) atoms. The summed E-state index contributed by atoms with van der Waals surface area (Å²) in [6.07, 6.45) is 0. The molecule has 1 heterocycles. The van der Waals surface area contributed by atoms with Gasteiger partial charge in [0.15, 0.2) is 0 Å². The minimum absolute atomic E-state index is 0.218. The third-order valence-corrected chi connectivity index (χ3v) is 2.50. The maximum Gasteiger partial charge on any atom is 0.318 e. The van der Waals surface area contributed by atoms with E-state index in [1.54, 1.807) is 0 Å². The zero-order chi connectivity index (χ0) is 11.4. The van der Waals surface area contributed by atoms with E-state index in [0.717, 1.165) is 13.1 Å². The van der Waals surface area contributed by atoms with Crippen molar-refractivity contribution < 1.29 is 9.59 Å². The first-order chi connectivity index (χ1) is 6.99. The van der Waals surface area contributed by atoms with Gasteiger partial charge in [-0.15, -0.1) is 0 Å². The zero-order valence-electron chi connectivity index (χ0n) is 9.12. The molecule has 3 amide bonds. The van der Waals surface area contributed by atoms with E-state index in [9.17, 15) is 9.59 Å². The quantitative estimate of drug-likeness (QED) is 0.542.